The monoisotopic (exact) mass is 253 g/mol. The molecular formula is C16H19N3. The summed E-state index contributed by atoms with van der Waals surface area (Å²) in [6, 6.07) is 10.7. The molecule has 0 bridgehead atoms. The first-order valence-electron chi connectivity index (χ1n) is 6.68. The van der Waals surface area contributed by atoms with Gasteiger partial charge < -0.3 is 10.6 Å². The Bertz CT molecular complexity index is 594. The zero-order valence-corrected chi connectivity index (χ0v) is 11.5. The molecule has 98 valence electrons. The number of pyridine rings is 1. The Kier molecular flexibility index (Phi) is 2.99. The van der Waals surface area contributed by atoms with Crippen LogP contribution in [0, 0.1) is 13.8 Å². The van der Waals surface area contributed by atoms with E-state index in [1.807, 2.05) is 6.92 Å². The second-order valence-electron chi connectivity index (χ2n) is 5.21. The molecule has 0 radical (unpaired) electrons. The van der Waals surface area contributed by atoms with Gasteiger partial charge in [-0.3, -0.25) is 0 Å². The lowest BCUT2D eigenvalue weighted by Crippen LogP contribution is -2.20. The molecule has 19 heavy (non-hydrogen) atoms. The minimum atomic E-state index is 0.543. The van der Waals surface area contributed by atoms with Crippen molar-refractivity contribution >= 4 is 5.82 Å². The Balaban J connectivity index is 2.01. The van der Waals surface area contributed by atoms with Crippen molar-refractivity contribution < 1.29 is 0 Å². The second-order valence-corrected chi connectivity index (χ2v) is 5.21. The van der Waals surface area contributed by atoms with E-state index in [1.165, 1.54) is 22.3 Å². The van der Waals surface area contributed by atoms with Gasteiger partial charge in [0.2, 0.25) is 0 Å². The maximum atomic E-state index is 5.91. The fourth-order valence-electron chi connectivity index (χ4n) is 2.84. The van der Waals surface area contributed by atoms with Crippen LogP contribution in [0.1, 0.15) is 27.9 Å². The van der Waals surface area contributed by atoms with Crippen molar-refractivity contribution in [1.29, 1.82) is 0 Å². The van der Waals surface area contributed by atoms with Gasteiger partial charge in [-0.25, -0.2) is 4.98 Å². The van der Waals surface area contributed by atoms with Gasteiger partial charge in [0.25, 0.3) is 0 Å². The van der Waals surface area contributed by atoms with Gasteiger partial charge in [0.15, 0.2) is 0 Å². The molecule has 0 unspecified atom stereocenters. The van der Waals surface area contributed by atoms with Crippen molar-refractivity contribution in [1.82, 2.24) is 4.98 Å². The standard InChI is InChI=1S/C16H19N3/c1-11-7-12(2)18-16(15(11)8-17)19-9-13-5-3-4-6-14(13)10-19/h3-7H,8-10,17H2,1-2H3. The fourth-order valence-corrected chi connectivity index (χ4v) is 2.84. The van der Waals surface area contributed by atoms with Gasteiger partial charge in [-0.15, -0.1) is 0 Å². The molecule has 1 aromatic heterocycles. The molecule has 0 spiro atoms. The van der Waals surface area contributed by atoms with E-state index in [4.69, 9.17) is 10.7 Å². The van der Waals surface area contributed by atoms with Crippen LogP contribution in [0.2, 0.25) is 0 Å². The summed E-state index contributed by atoms with van der Waals surface area (Å²) in [6.45, 7) is 6.56. The minimum absolute atomic E-state index is 0.543. The largest absolute Gasteiger partial charge is 0.348 e. The molecule has 2 N–H and O–H groups in total. The Morgan fingerprint density at radius 3 is 2.37 bits per heavy atom. The van der Waals surface area contributed by atoms with E-state index >= 15 is 0 Å². The summed E-state index contributed by atoms with van der Waals surface area (Å²) in [5, 5.41) is 0. The number of aromatic nitrogens is 1. The van der Waals surface area contributed by atoms with Crippen molar-refractivity contribution in [2.75, 3.05) is 4.90 Å². The van der Waals surface area contributed by atoms with Crippen LogP contribution in [0.3, 0.4) is 0 Å². The molecule has 1 aromatic carbocycles. The van der Waals surface area contributed by atoms with Gasteiger partial charge in [0.1, 0.15) is 5.82 Å². The van der Waals surface area contributed by atoms with Gasteiger partial charge in [0.05, 0.1) is 0 Å². The summed E-state index contributed by atoms with van der Waals surface area (Å²) in [7, 11) is 0. The van der Waals surface area contributed by atoms with Crippen LogP contribution in [-0.2, 0) is 19.6 Å². The number of rotatable bonds is 2. The van der Waals surface area contributed by atoms with Crippen LogP contribution in [0.5, 0.6) is 0 Å². The molecule has 2 aromatic rings. The number of nitrogens with two attached hydrogens (primary N) is 1. The summed E-state index contributed by atoms with van der Waals surface area (Å²) < 4.78 is 0. The van der Waals surface area contributed by atoms with Gasteiger partial charge in [0, 0.05) is 30.9 Å². The Labute approximate surface area is 114 Å². The van der Waals surface area contributed by atoms with Crippen LogP contribution in [-0.4, -0.2) is 4.98 Å². The zero-order valence-electron chi connectivity index (χ0n) is 11.5. The quantitative estimate of drug-likeness (QED) is 0.894. The van der Waals surface area contributed by atoms with Crippen LogP contribution >= 0.6 is 0 Å². The van der Waals surface area contributed by atoms with Crippen molar-refractivity contribution in [3.63, 3.8) is 0 Å². The van der Waals surface area contributed by atoms with Crippen LogP contribution in [0.4, 0.5) is 5.82 Å². The lowest BCUT2D eigenvalue weighted by Gasteiger charge is -2.21. The first kappa shape index (κ1) is 12.2. The van der Waals surface area contributed by atoms with Gasteiger partial charge in [-0.2, -0.15) is 0 Å². The van der Waals surface area contributed by atoms with Crippen LogP contribution in [0.25, 0.3) is 0 Å². The van der Waals surface area contributed by atoms with Crippen molar-refractivity contribution in [2.45, 2.75) is 33.5 Å². The lowest BCUT2D eigenvalue weighted by molar-refractivity contribution is 0.830. The first-order chi connectivity index (χ1) is 9.19. The molecule has 3 heteroatoms. The molecule has 3 nitrogen and oxygen atoms in total. The van der Waals surface area contributed by atoms with E-state index in [0.717, 1.165) is 24.6 Å². The van der Waals surface area contributed by atoms with Crippen molar-refractivity contribution in [3.05, 3.63) is 58.3 Å². The predicted octanol–water partition coefficient (Wildman–Crippen LogP) is 2.68. The normalized spacial score (nSPS) is 13.7. The number of anilines is 1. The molecule has 1 aliphatic heterocycles. The maximum Gasteiger partial charge on any atom is 0.134 e. The molecular weight excluding hydrogens is 234 g/mol. The summed E-state index contributed by atoms with van der Waals surface area (Å²) in [4.78, 5) is 7.04. The highest BCUT2D eigenvalue weighted by Crippen LogP contribution is 2.30. The van der Waals surface area contributed by atoms with Crippen molar-refractivity contribution in [2.24, 2.45) is 5.73 Å². The van der Waals surface area contributed by atoms with Gasteiger partial charge in [-0.1, -0.05) is 24.3 Å². The average Bonchev–Trinajstić information content (AvgIpc) is 2.81. The summed E-state index contributed by atoms with van der Waals surface area (Å²) in [6.07, 6.45) is 0. The Morgan fingerprint density at radius 2 is 1.79 bits per heavy atom. The molecule has 0 amide bonds. The molecule has 0 aliphatic carbocycles. The third kappa shape index (κ3) is 2.10. The number of nitrogens with zero attached hydrogens (tertiary/aromatic N) is 2. The van der Waals surface area contributed by atoms with E-state index in [2.05, 4.69) is 42.2 Å². The molecule has 0 saturated heterocycles. The smallest absolute Gasteiger partial charge is 0.134 e. The molecule has 2 heterocycles. The lowest BCUT2D eigenvalue weighted by atomic mass is 10.1. The fraction of sp³-hybridized carbons (Fsp3) is 0.312. The molecule has 0 saturated carbocycles. The Morgan fingerprint density at radius 1 is 1.16 bits per heavy atom. The highest BCUT2D eigenvalue weighted by atomic mass is 15.2. The topological polar surface area (TPSA) is 42.1 Å². The maximum absolute atomic E-state index is 5.91. The average molecular weight is 253 g/mol. The number of hydrogen-bond donors (Lipinski definition) is 1. The van der Waals surface area contributed by atoms with E-state index in [-0.39, 0.29) is 0 Å². The zero-order chi connectivity index (χ0) is 13.4. The number of fused-ring (bicyclic) bond motifs is 1. The highest BCUT2D eigenvalue weighted by molar-refractivity contribution is 5.55. The van der Waals surface area contributed by atoms with Gasteiger partial charge in [-0.05, 0) is 36.6 Å². The van der Waals surface area contributed by atoms with Crippen LogP contribution < -0.4 is 10.6 Å². The van der Waals surface area contributed by atoms with Crippen LogP contribution in [0.15, 0.2) is 30.3 Å². The Hall–Kier alpha value is -1.87. The summed E-state index contributed by atoms with van der Waals surface area (Å²) in [5.74, 6) is 1.05. The molecule has 0 atom stereocenters. The predicted molar refractivity (Wildman–Crippen MR) is 77.9 cm³/mol. The SMILES string of the molecule is Cc1cc(C)c(CN)c(N2Cc3ccccc3C2)n1. The van der Waals surface area contributed by atoms with E-state index in [1.54, 1.807) is 0 Å². The third-order valence-corrected chi connectivity index (χ3v) is 3.80. The highest BCUT2D eigenvalue weighted by Gasteiger charge is 2.22. The van der Waals surface area contributed by atoms with Crippen molar-refractivity contribution in [3.8, 4) is 0 Å². The molecule has 3 rings (SSSR count). The number of benzene rings is 1. The van der Waals surface area contributed by atoms with E-state index in [0.29, 0.717) is 6.54 Å². The number of aryl methyl sites for hydroxylation is 2. The first-order valence-corrected chi connectivity index (χ1v) is 6.68. The summed E-state index contributed by atoms with van der Waals surface area (Å²) >= 11 is 0. The molecule has 0 fully saturated rings. The minimum Gasteiger partial charge on any atom is -0.348 e. The third-order valence-electron chi connectivity index (χ3n) is 3.80. The second kappa shape index (κ2) is 4.67. The summed E-state index contributed by atoms with van der Waals surface area (Å²) in [5.41, 5.74) is 12.2. The van der Waals surface area contributed by atoms with E-state index < -0.39 is 0 Å². The number of hydrogen-bond acceptors (Lipinski definition) is 3. The van der Waals surface area contributed by atoms with Gasteiger partial charge >= 0.3 is 0 Å². The molecule has 1 aliphatic rings. The van der Waals surface area contributed by atoms with E-state index in [9.17, 15) is 0 Å².